The molecule has 1 aliphatic rings. The van der Waals surface area contributed by atoms with Gasteiger partial charge in [0.25, 0.3) is 5.91 Å². The Morgan fingerprint density at radius 2 is 1.79 bits per heavy atom. The van der Waals surface area contributed by atoms with E-state index in [1.54, 1.807) is 4.90 Å². The van der Waals surface area contributed by atoms with Crippen LogP contribution in [0, 0.1) is 6.92 Å². The maximum absolute atomic E-state index is 12.9. The van der Waals surface area contributed by atoms with Gasteiger partial charge in [-0.15, -0.1) is 0 Å². The maximum atomic E-state index is 12.9. The van der Waals surface area contributed by atoms with Gasteiger partial charge in [0.15, 0.2) is 9.84 Å². The molecule has 1 atom stereocenters. The third-order valence-electron chi connectivity index (χ3n) is 4.93. The predicted octanol–water partition coefficient (Wildman–Crippen LogP) is 2.13. The van der Waals surface area contributed by atoms with Gasteiger partial charge in [-0.3, -0.25) is 4.79 Å². The van der Waals surface area contributed by atoms with E-state index in [-0.39, 0.29) is 28.7 Å². The third-order valence-corrected chi connectivity index (χ3v) is 8.24. The number of hydrogen-bond acceptors (Lipinski definition) is 5. The van der Waals surface area contributed by atoms with Crippen molar-refractivity contribution in [3.05, 3.63) is 59.7 Å². The van der Waals surface area contributed by atoms with Gasteiger partial charge in [-0.25, -0.2) is 21.6 Å². The summed E-state index contributed by atoms with van der Waals surface area (Å²) in [6, 6.07) is 12.6. The number of hydrogen-bond donors (Lipinski definition) is 1. The summed E-state index contributed by atoms with van der Waals surface area (Å²) >= 11 is 0. The number of anilines is 1. The van der Waals surface area contributed by atoms with E-state index in [9.17, 15) is 21.6 Å². The van der Waals surface area contributed by atoms with Gasteiger partial charge in [-0.2, -0.15) is 0 Å². The number of nitrogens with one attached hydrogen (secondary N) is 1. The van der Waals surface area contributed by atoms with E-state index in [0.717, 1.165) is 11.3 Å². The van der Waals surface area contributed by atoms with Crippen molar-refractivity contribution in [2.45, 2.75) is 31.2 Å². The highest BCUT2D eigenvalue weighted by atomic mass is 32.2. The highest BCUT2D eigenvalue weighted by Crippen LogP contribution is 2.22. The number of nitrogens with zero attached hydrogens (tertiary/aromatic N) is 1. The van der Waals surface area contributed by atoms with E-state index in [1.807, 2.05) is 38.1 Å². The molecule has 1 unspecified atom stereocenters. The molecular formula is C20H24N2O5S2. The third kappa shape index (κ3) is 4.85. The Bertz CT molecular complexity index is 1110. The van der Waals surface area contributed by atoms with Gasteiger partial charge in [-0.1, -0.05) is 18.2 Å². The average molecular weight is 437 g/mol. The number of aryl methyl sites for hydroxylation is 1. The molecule has 7 nitrogen and oxygen atoms in total. The second kappa shape index (κ2) is 8.25. The first-order valence-electron chi connectivity index (χ1n) is 9.33. The van der Waals surface area contributed by atoms with E-state index >= 15 is 0 Å². The lowest BCUT2D eigenvalue weighted by Gasteiger charge is -2.23. The fraction of sp³-hybridized carbons (Fsp3) is 0.350. The van der Waals surface area contributed by atoms with Crippen molar-refractivity contribution >= 4 is 31.5 Å². The van der Waals surface area contributed by atoms with Crippen molar-refractivity contribution < 1.29 is 21.6 Å². The molecule has 1 aliphatic heterocycles. The van der Waals surface area contributed by atoms with Gasteiger partial charge >= 0.3 is 0 Å². The van der Waals surface area contributed by atoms with E-state index in [1.165, 1.54) is 24.3 Å². The minimum atomic E-state index is -3.86. The Morgan fingerprint density at radius 1 is 1.14 bits per heavy atom. The summed E-state index contributed by atoms with van der Waals surface area (Å²) in [4.78, 5) is 14.6. The molecule has 0 aromatic heterocycles. The number of carbonyl (C=O) groups is 1. The van der Waals surface area contributed by atoms with E-state index in [2.05, 4.69) is 4.72 Å². The van der Waals surface area contributed by atoms with Crippen molar-refractivity contribution in [3.63, 3.8) is 0 Å². The van der Waals surface area contributed by atoms with Gasteiger partial charge in [0.1, 0.15) is 0 Å². The monoisotopic (exact) mass is 436 g/mol. The quantitative estimate of drug-likeness (QED) is 0.748. The molecular weight excluding hydrogens is 412 g/mol. The molecule has 0 aliphatic carbocycles. The van der Waals surface area contributed by atoms with E-state index < -0.39 is 25.9 Å². The highest BCUT2D eigenvalue weighted by Gasteiger charge is 2.31. The maximum Gasteiger partial charge on any atom is 0.258 e. The normalized spacial score (nSPS) is 18.5. The molecule has 1 saturated heterocycles. The first kappa shape index (κ1) is 21.5. The SMILES string of the molecule is CCN(C(=O)c1ccc(S(=O)(=O)NC2CCS(=O)(=O)C2)cc1)c1ccccc1C. The molecule has 156 valence electrons. The molecule has 3 rings (SSSR count). The molecule has 29 heavy (non-hydrogen) atoms. The molecule has 2 aromatic carbocycles. The Kier molecular flexibility index (Phi) is 6.11. The lowest BCUT2D eigenvalue weighted by Crippen LogP contribution is -2.35. The van der Waals surface area contributed by atoms with Crippen molar-refractivity contribution in [1.29, 1.82) is 0 Å². The van der Waals surface area contributed by atoms with Crippen molar-refractivity contribution in [2.24, 2.45) is 0 Å². The van der Waals surface area contributed by atoms with Gasteiger partial charge in [0, 0.05) is 23.8 Å². The zero-order valence-electron chi connectivity index (χ0n) is 16.3. The summed E-state index contributed by atoms with van der Waals surface area (Å²) in [7, 11) is -7.05. The summed E-state index contributed by atoms with van der Waals surface area (Å²) in [5.41, 5.74) is 2.15. The van der Waals surface area contributed by atoms with Crippen LogP contribution >= 0.6 is 0 Å². The summed E-state index contributed by atoms with van der Waals surface area (Å²) in [6.07, 6.45) is 0.264. The van der Waals surface area contributed by atoms with Crippen LogP contribution in [-0.4, -0.2) is 46.8 Å². The summed E-state index contributed by atoms with van der Waals surface area (Å²) in [5, 5.41) is 0. The molecule has 1 heterocycles. The van der Waals surface area contributed by atoms with Crippen LogP contribution in [0.3, 0.4) is 0 Å². The summed E-state index contributed by atoms with van der Waals surface area (Å²) in [5.74, 6) is -0.426. The molecule has 0 spiro atoms. The Hall–Kier alpha value is -2.23. The number of sulfonamides is 1. The standard InChI is InChI=1S/C20H24N2O5S2/c1-3-22(19-7-5-4-6-15(19)2)20(23)16-8-10-18(11-9-16)29(26,27)21-17-12-13-28(24,25)14-17/h4-11,17,21H,3,12-14H2,1-2H3. The van der Waals surface area contributed by atoms with Crippen LogP contribution in [0.1, 0.15) is 29.3 Å². The molecule has 2 aromatic rings. The molecule has 0 saturated carbocycles. The van der Waals surface area contributed by atoms with Crippen LogP contribution in [-0.2, 0) is 19.9 Å². The largest absolute Gasteiger partial charge is 0.308 e. The predicted molar refractivity (Wildman–Crippen MR) is 112 cm³/mol. The number of carbonyl (C=O) groups excluding carboxylic acids is 1. The molecule has 1 N–H and O–H groups in total. The second-order valence-corrected chi connectivity index (χ2v) is 11.0. The molecule has 1 fully saturated rings. The minimum absolute atomic E-state index is 0.00251. The van der Waals surface area contributed by atoms with Crippen LogP contribution in [0.15, 0.2) is 53.4 Å². The number of rotatable bonds is 6. The van der Waals surface area contributed by atoms with Crippen molar-refractivity contribution in [1.82, 2.24) is 4.72 Å². The zero-order valence-corrected chi connectivity index (χ0v) is 18.0. The van der Waals surface area contributed by atoms with Crippen LogP contribution < -0.4 is 9.62 Å². The lowest BCUT2D eigenvalue weighted by molar-refractivity contribution is 0.0988. The summed E-state index contributed by atoms with van der Waals surface area (Å²) < 4.78 is 50.6. The first-order chi connectivity index (χ1) is 13.6. The molecule has 0 bridgehead atoms. The fourth-order valence-electron chi connectivity index (χ4n) is 3.40. The van der Waals surface area contributed by atoms with E-state index in [4.69, 9.17) is 0 Å². The van der Waals surface area contributed by atoms with Gasteiger partial charge in [-0.05, 0) is 56.2 Å². The van der Waals surface area contributed by atoms with Gasteiger partial charge < -0.3 is 4.90 Å². The Morgan fingerprint density at radius 3 is 2.34 bits per heavy atom. The topological polar surface area (TPSA) is 101 Å². The Labute approximate surface area is 171 Å². The fourth-order valence-corrected chi connectivity index (χ4v) is 6.45. The number of sulfone groups is 1. The van der Waals surface area contributed by atoms with Gasteiger partial charge in [0.05, 0.1) is 16.4 Å². The second-order valence-electron chi connectivity index (χ2n) is 7.08. The van der Waals surface area contributed by atoms with Crippen LogP contribution in [0.2, 0.25) is 0 Å². The van der Waals surface area contributed by atoms with Gasteiger partial charge in [0.2, 0.25) is 10.0 Å². The van der Waals surface area contributed by atoms with Crippen LogP contribution in [0.25, 0.3) is 0 Å². The van der Waals surface area contributed by atoms with Crippen LogP contribution in [0.5, 0.6) is 0 Å². The molecule has 0 radical (unpaired) electrons. The zero-order chi connectivity index (χ0) is 21.2. The van der Waals surface area contributed by atoms with Crippen molar-refractivity contribution in [2.75, 3.05) is 23.0 Å². The smallest absolute Gasteiger partial charge is 0.258 e. The number of para-hydroxylation sites is 1. The summed E-state index contributed by atoms with van der Waals surface area (Å²) in [6.45, 7) is 4.28. The number of amides is 1. The van der Waals surface area contributed by atoms with Crippen molar-refractivity contribution in [3.8, 4) is 0 Å². The Balaban J connectivity index is 1.78. The minimum Gasteiger partial charge on any atom is -0.308 e. The lowest BCUT2D eigenvalue weighted by atomic mass is 10.1. The molecule has 9 heteroatoms. The average Bonchev–Trinajstić information content (AvgIpc) is 3.01. The van der Waals surface area contributed by atoms with Crippen LogP contribution in [0.4, 0.5) is 5.69 Å². The number of benzene rings is 2. The van der Waals surface area contributed by atoms with E-state index in [0.29, 0.717) is 12.1 Å². The highest BCUT2D eigenvalue weighted by molar-refractivity contribution is 7.92. The first-order valence-corrected chi connectivity index (χ1v) is 12.6. The molecule has 1 amide bonds.